The van der Waals surface area contributed by atoms with E-state index in [4.69, 9.17) is 26.5 Å². The fourth-order valence-electron chi connectivity index (χ4n) is 5.70. The lowest BCUT2D eigenvalue weighted by molar-refractivity contribution is -0.130. The Hall–Kier alpha value is -4.14. The molecule has 1 aliphatic heterocycles. The number of likely N-dealkylation sites (tertiary alicyclic amines) is 1. The largest absolute Gasteiger partial charge is 0.434 e. The predicted octanol–water partition coefficient (Wildman–Crippen LogP) is 3.86. The molecule has 12 nitrogen and oxygen atoms in total. The normalized spacial score (nSPS) is 16.9. The van der Waals surface area contributed by atoms with Crippen molar-refractivity contribution >= 4 is 50.3 Å². The number of oxazole rings is 1. The summed E-state index contributed by atoms with van der Waals surface area (Å²) in [6, 6.07) is 19.3. The van der Waals surface area contributed by atoms with Crippen molar-refractivity contribution in [3.05, 3.63) is 94.8 Å². The molecule has 0 saturated carbocycles. The van der Waals surface area contributed by atoms with Gasteiger partial charge in [-0.15, -0.1) is 0 Å². The van der Waals surface area contributed by atoms with Gasteiger partial charge in [-0.2, -0.15) is 0 Å². The van der Waals surface area contributed by atoms with Crippen molar-refractivity contribution in [3.63, 3.8) is 0 Å². The molecule has 1 saturated heterocycles. The third-order valence-electron chi connectivity index (χ3n) is 8.34. The number of amides is 2. The molecule has 0 aliphatic carbocycles. The maximum absolute atomic E-state index is 13.9. The number of Topliss-reactive ketones (excluding diaryl/α,β-unsaturated/α-hetero) is 1. The molecule has 3 atom stereocenters. The van der Waals surface area contributed by atoms with Gasteiger partial charge < -0.3 is 25.1 Å². The van der Waals surface area contributed by atoms with Crippen molar-refractivity contribution in [1.29, 1.82) is 0 Å². The number of hydrogen-bond donors (Lipinski definition) is 3. The zero-order valence-electron chi connectivity index (χ0n) is 27.1. The second-order valence-corrected chi connectivity index (χ2v) is 14.1. The van der Waals surface area contributed by atoms with E-state index in [1.807, 2.05) is 12.1 Å². The van der Waals surface area contributed by atoms with Crippen LogP contribution in [0.5, 0.6) is 0 Å². The van der Waals surface area contributed by atoms with Gasteiger partial charge in [0, 0.05) is 24.7 Å². The van der Waals surface area contributed by atoms with E-state index in [0.717, 1.165) is 5.56 Å². The summed E-state index contributed by atoms with van der Waals surface area (Å²) in [6.07, 6.45) is 0.904. The Labute approximate surface area is 290 Å². The number of para-hydroxylation sites is 2. The van der Waals surface area contributed by atoms with Crippen LogP contribution in [0.2, 0.25) is 5.02 Å². The molecule has 4 aromatic rings. The summed E-state index contributed by atoms with van der Waals surface area (Å²) in [4.78, 5) is 47.1. The number of ketones is 1. The first-order valence-corrected chi connectivity index (χ1v) is 18.1. The van der Waals surface area contributed by atoms with E-state index in [1.165, 1.54) is 12.1 Å². The number of sulfonamides is 1. The molecule has 49 heavy (non-hydrogen) atoms. The lowest BCUT2D eigenvalue weighted by Crippen LogP contribution is -2.47. The highest BCUT2D eigenvalue weighted by molar-refractivity contribution is 7.89. The number of benzene rings is 3. The number of aromatic nitrogens is 1. The number of nitrogens with two attached hydrogens (primary N) is 1. The van der Waals surface area contributed by atoms with Crippen LogP contribution in [0.1, 0.15) is 48.0 Å². The quantitative estimate of drug-likeness (QED) is 0.115. The number of hydrogen-bond acceptors (Lipinski definition) is 9. The summed E-state index contributed by atoms with van der Waals surface area (Å²) in [6.45, 7) is 2.78. The molecule has 1 aliphatic rings. The summed E-state index contributed by atoms with van der Waals surface area (Å²) in [5.74, 6) is -2.01. The molecule has 260 valence electrons. The number of nitrogens with zero attached hydrogens (tertiary/aromatic N) is 2. The topological polar surface area (TPSA) is 174 Å². The number of rotatable bonds is 16. The number of ether oxygens (including phenoxy) is 1. The molecule has 3 aromatic carbocycles. The zero-order chi connectivity index (χ0) is 35.0. The van der Waals surface area contributed by atoms with Crippen molar-refractivity contribution in [2.75, 3.05) is 26.2 Å². The number of carbonyl (C=O) groups excluding carboxylic acids is 3. The zero-order valence-corrected chi connectivity index (χ0v) is 28.7. The van der Waals surface area contributed by atoms with Gasteiger partial charge >= 0.3 is 0 Å². The first-order chi connectivity index (χ1) is 23.6. The highest BCUT2D eigenvalue weighted by Crippen LogP contribution is 2.25. The first-order valence-electron chi connectivity index (χ1n) is 16.2. The Bertz CT molecular complexity index is 1830. The monoisotopic (exact) mass is 709 g/mol. The minimum Gasteiger partial charge on any atom is -0.434 e. The van der Waals surface area contributed by atoms with E-state index in [0.29, 0.717) is 47.5 Å². The highest BCUT2D eigenvalue weighted by Gasteiger charge is 2.41. The lowest BCUT2D eigenvalue weighted by Gasteiger charge is -2.22. The molecule has 2 heterocycles. The summed E-state index contributed by atoms with van der Waals surface area (Å²) in [5.41, 5.74) is 8.17. The van der Waals surface area contributed by atoms with Crippen LogP contribution >= 0.6 is 11.6 Å². The van der Waals surface area contributed by atoms with Gasteiger partial charge in [0.1, 0.15) is 5.52 Å². The maximum Gasteiger partial charge on any atom is 0.266 e. The molecule has 0 bridgehead atoms. The van der Waals surface area contributed by atoms with Gasteiger partial charge in [-0.3, -0.25) is 14.4 Å². The van der Waals surface area contributed by atoms with E-state index in [-0.39, 0.29) is 49.4 Å². The van der Waals surface area contributed by atoms with Gasteiger partial charge in [-0.25, -0.2) is 18.1 Å². The summed E-state index contributed by atoms with van der Waals surface area (Å²) in [5, 5.41) is 3.49. The number of fused-ring (bicyclic) bond motifs is 1. The van der Waals surface area contributed by atoms with Crippen LogP contribution in [0.15, 0.2) is 82.1 Å². The van der Waals surface area contributed by atoms with Crippen molar-refractivity contribution in [1.82, 2.24) is 19.9 Å². The fraction of sp³-hybridized carbons (Fsp3) is 0.371. The second-order valence-electron chi connectivity index (χ2n) is 11.9. The van der Waals surface area contributed by atoms with E-state index < -0.39 is 39.8 Å². The van der Waals surface area contributed by atoms with Gasteiger partial charge in [0.15, 0.2) is 5.58 Å². The van der Waals surface area contributed by atoms with Crippen molar-refractivity contribution in [2.24, 2.45) is 11.7 Å². The summed E-state index contributed by atoms with van der Waals surface area (Å²) in [7, 11) is -3.63. The molecule has 14 heteroatoms. The van der Waals surface area contributed by atoms with Crippen molar-refractivity contribution in [2.45, 2.75) is 56.3 Å². The molecular weight excluding hydrogens is 670 g/mol. The predicted molar refractivity (Wildman–Crippen MR) is 184 cm³/mol. The summed E-state index contributed by atoms with van der Waals surface area (Å²) >= 11 is 6.04. The molecule has 1 fully saturated rings. The minimum absolute atomic E-state index is 0.00228. The maximum atomic E-state index is 13.9. The van der Waals surface area contributed by atoms with Crippen LogP contribution in [-0.4, -0.2) is 74.2 Å². The van der Waals surface area contributed by atoms with Crippen molar-refractivity contribution < 1.29 is 32.0 Å². The average Bonchev–Trinajstić information content (AvgIpc) is 3.73. The van der Waals surface area contributed by atoms with Crippen LogP contribution in [-0.2, 0) is 37.4 Å². The number of nitrogens with one attached hydrogen (secondary N) is 2. The standard InChI is InChI=1S/C35H40ClN5O7S/c1-2-38-49(45,46)26-16-12-23(13-17-26)19-32(42)41-20-27(31(21-41)47-22-24-10-14-25(36)15-11-24)34(44)39-29(8-5-6-18-37)33(43)35-40-28-7-3-4-9-30(28)48-35/h3-4,7,9-17,27,29,31,38H,2,5-6,8,18-22,37H2,1H3,(H,39,44)/t27-,29-,31-/m0/s1. The van der Waals surface area contributed by atoms with E-state index in [9.17, 15) is 22.8 Å². The molecule has 4 N–H and O–H groups in total. The van der Waals surface area contributed by atoms with E-state index in [2.05, 4.69) is 15.0 Å². The second kappa shape index (κ2) is 16.5. The van der Waals surface area contributed by atoms with Crippen LogP contribution in [0.25, 0.3) is 11.1 Å². The molecule has 2 amide bonds. The Kier molecular flexibility index (Phi) is 12.2. The van der Waals surface area contributed by atoms with Gasteiger partial charge in [-0.05, 0) is 73.3 Å². The third kappa shape index (κ3) is 9.31. The number of halogens is 1. The summed E-state index contributed by atoms with van der Waals surface area (Å²) < 4.78 is 39.0. The SMILES string of the molecule is CCNS(=O)(=O)c1ccc(CC(=O)N2C[C@H](OCc3ccc(Cl)cc3)[C@@H](C(=O)N[C@@H](CCCCN)C(=O)c3nc4ccccc4o3)C2)cc1. The number of unbranched alkanes of at least 4 members (excludes halogenated alkanes) is 1. The Morgan fingerprint density at radius 2 is 1.73 bits per heavy atom. The van der Waals surface area contributed by atoms with Crippen LogP contribution < -0.4 is 15.8 Å². The Morgan fingerprint density at radius 1 is 1.02 bits per heavy atom. The molecule has 0 spiro atoms. The fourth-order valence-corrected chi connectivity index (χ4v) is 6.86. The minimum atomic E-state index is -3.63. The first kappa shape index (κ1) is 36.1. The average molecular weight is 710 g/mol. The molecule has 1 aromatic heterocycles. The third-order valence-corrected chi connectivity index (χ3v) is 10.2. The van der Waals surface area contributed by atoms with Gasteiger partial charge in [0.2, 0.25) is 27.6 Å². The van der Waals surface area contributed by atoms with Gasteiger partial charge in [-0.1, -0.05) is 54.9 Å². The van der Waals surface area contributed by atoms with Gasteiger partial charge in [0.25, 0.3) is 5.89 Å². The highest BCUT2D eigenvalue weighted by atomic mass is 35.5. The number of carbonyl (C=O) groups is 3. The molecule has 0 unspecified atom stereocenters. The molecule has 5 rings (SSSR count). The van der Waals surface area contributed by atoms with Crippen LogP contribution in [0.3, 0.4) is 0 Å². The Balaban J connectivity index is 1.32. The Morgan fingerprint density at radius 3 is 2.43 bits per heavy atom. The van der Waals surface area contributed by atoms with Crippen LogP contribution in [0, 0.1) is 5.92 Å². The van der Waals surface area contributed by atoms with Crippen LogP contribution in [0.4, 0.5) is 0 Å². The van der Waals surface area contributed by atoms with E-state index >= 15 is 0 Å². The van der Waals surface area contributed by atoms with Gasteiger partial charge in [0.05, 0.1) is 36.0 Å². The van der Waals surface area contributed by atoms with Crippen molar-refractivity contribution in [3.8, 4) is 0 Å². The lowest BCUT2D eigenvalue weighted by atomic mass is 10.0. The smallest absolute Gasteiger partial charge is 0.266 e. The van der Waals surface area contributed by atoms with E-state index in [1.54, 1.807) is 60.4 Å². The molecule has 0 radical (unpaired) electrons. The molecular formula is C35H40ClN5O7S.